The van der Waals surface area contributed by atoms with Crippen LogP contribution in [0.3, 0.4) is 0 Å². The SMILES string of the molecule is C[C@@H]1Cc2cc(O)ccc2C2CCC3(C)C/C(=C/CCOCCN(C)C)CCC3C21. The molecule has 0 saturated heterocycles. The van der Waals surface area contributed by atoms with Gasteiger partial charge in [0.2, 0.25) is 0 Å². The highest BCUT2D eigenvalue weighted by Gasteiger charge is 2.51. The summed E-state index contributed by atoms with van der Waals surface area (Å²) >= 11 is 0. The Morgan fingerprint density at radius 1 is 1.23 bits per heavy atom. The van der Waals surface area contributed by atoms with Gasteiger partial charge >= 0.3 is 0 Å². The van der Waals surface area contributed by atoms with Gasteiger partial charge in [0.25, 0.3) is 0 Å². The zero-order valence-electron chi connectivity index (χ0n) is 19.5. The van der Waals surface area contributed by atoms with Gasteiger partial charge in [0.15, 0.2) is 0 Å². The fraction of sp³-hybridized carbons (Fsp3) is 0.704. The van der Waals surface area contributed by atoms with Crippen molar-refractivity contribution in [3.05, 3.63) is 41.0 Å². The number of phenols is 1. The zero-order chi connectivity index (χ0) is 21.3. The van der Waals surface area contributed by atoms with Gasteiger partial charge in [-0.15, -0.1) is 0 Å². The number of hydrogen-bond acceptors (Lipinski definition) is 3. The van der Waals surface area contributed by atoms with Crippen LogP contribution in [0, 0.1) is 23.2 Å². The van der Waals surface area contributed by atoms with Crippen molar-refractivity contribution in [1.29, 1.82) is 0 Å². The van der Waals surface area contributed by atoms with Gasteiger partial charge in [0, 0.05) is 6.54 Å². The van der Waals surface area contributed by atoms with E-state index in [1.54, 1.807) is 5.57 Å². The number of phenolic OH excluding ortho intramolecular Hbond substituents is 1. The van der Waals surface area contributed by atoms with Crippen LogP contribution in [-0.2, 0) is 11.2 Å². The van der Waals surface area contributed by atoms with Gasteiger partial charge in [0.1, 0.15) is 5.75 Å². The average molecular weight is 412 g/mol. The van der Waals surface area contributed by atoms with Gasteiger partial charge in [0.05, 0.1) is 13.2 Å². The maximum Gasteiger partial charge on any atom is 0.115 e. The van der Waals surface area contributed by atoms with Crippen LogP contribution in [0.25, 0.3) is 0 Å². The predicted molar refractivity (Wildman–Crippen MR) is 124 cm³/mol. The molecule has 0 spiro atoms. The molecule has 0 radical (unpaired) electrons. The van der Waals surface area contributed by atoms with Crippen molar-refractivity contribution in [2.75, 3.05) is 33.9 Å². The van der Waals surface area contributed by atoms with Crippen LogP contribution >= 0.6 is 0 Å². The minimum Gasteiger partial charge on any atom is -0.508 e. The van der Waals surface area contributed by atoms with E-state index in [1.165, 1.54) is 43.2 Å². The highest BCUT2D eigenvalue weighted by atomic mass is 16.5. The summed E-state index contributed by atoms with van der Waals surface area (Å²) < 4.78 is 5.79. The van der Waals surface area contributed by atoms with Gasteiger partial charge in [-0.3, -0.25) is 0 Å². The maximum atomic E-state index is 9.95. The molecule has 0 amide bonds. The van der Waals surface area contributed by atoms with E-state index in [-0.39, 0.29) is 0 Å². The molecular weight excluding hydrogens is 370 g/mol. The Balaban J connectivity index is 1.40. The normalized spacial score (nSPS) is 34.5. The summed E-state index contributed by atoms with van der Waals surface area (Å²) in [5, 5.41) is 9.95. The van der Waals surface area contributed by atoms with Gasteiger partial charge in [-0.25, -0.2) is 0 Å². The molecule has 1 N–H and O–H groups in total. The van der Waals surface area contributed by atoms with E-state index in [1.807, 2.05) is 12.1 Å². The lowest BCUT2D eigenvalue weighted by atomic mass is 9.48. The molecule has 3 nitrogen and oxygen atoms in total. The molecule has 4 rings (SSSR count). The number of likely N-dealkylation sites (N-methyl/N-ethyl adjacent to an activating group) is 1. The number of hydrogen-bond donors (Lipinski definition) is 1. The Morgan fingerprint density at radius 2 is 2.07 bits per heavy atom. The molecular formula is C27H41NO2. The standard InChI is InChI=1S/C27H41NO2/c1-19-16-21-17-22(29)8-9-23(21)24-11-12-27(2)18-20(7-10-25(27)26(19)24)6-5-14-30-15-13-28(3)4/h6,8-9,17,19,24-26,29H,5,7,10-16,18H2,1-4H3/b20-6+/t19-,24?,25?,26?,27?/m1/s1. The smallest absolute Gasteiger partial charge is 0.115 e. The van der Waals surface area contributed by atoms with Gasteiger partial charge in [-0.1, -0.05) is 31.6 Å². The predicted octanol–water partition coefficient (Wildman–Crippen LogP) is 5.78. The van der Waals surface area contributed by atoms with Crippen molar-refractivity contribution in [1.82, 2.24) is 4.90 Å². The molecule has 166 valence electrons. The second-order valence-electron chi connectivity index (χ2n) is 10.8. The molecule has 0 aromatic heterocycles. The minimum atomic E-state index is 0.429. The summed E-state index contributed by atoms with van der Waals surface area (Å²) in [6.45, 7) is 7.72. The molecule has 5 atom stereocenters. The molecule has 3 aliphatic rings. The summed E-state index contributed by atoms with van der Waals surface area (Å²) in [7, 11) is 4.18. The highest BCUT2D eigenvalue weighted by molar-refractivity contribution is 5.40. The second-order valence-corrected chi connectivity index (χ2v) is 10.8. The van der Waals surface area contributed by atoms with Crippen LogP contribution in [0.5, 0.6) is 5.75 Å². The third-order valence-electron chi connectivity index (χ3n) is 8.36. The number of rotatable bonds is 6. The van der Waals surface area contributed by atoms with Crippen molar-refractivity contribution >= 4 is 0 Å². The largest absolute Gasteiger partial charge is 0.508 e. The van der Waals surface area contributed by atoms with Crippen molar-refractivity contribution < 1.29 is 9.84 Å². The zero-order valence-corrected chi connectivity index (χ0v) is 19.5. The molecule has 3 heteroatoms. The molecule has 30 heavy (non-hydrogen) atoms. The van der Waals surface area contributed by atoms with Crippen LogP contribution in [0.4, 0.5) is 0 Å². The summed E-state index contributed by atoms with van der Waals surface area (Å²) in [6.07, 6.45) is 11.2. The van der Waals surface area contributed by atoms with Gasteiger partial charge in [-0.05, 0) is 111 Å². The van der Waals surface area contributed by atoms with Crippen LogP contribution in [-0.4, -0.2) is 43.9 Å². The summed E-state index contributed by atoms with van der Waals surface area (Å²) in [5.74, 6) is 3.47. The lowest BCUT2D eigenvalue weighted by Gasteiger charge is -2.56. The number of benzene rings is 1. The molecule has 1 aromatic rings. The van der Waals surface area contributed by atoms with Crippen molar-refractivity contribution in [3.8, 4) is 5.75 Å². The second kappa shape index (κ2) is 9.04. The van der Waals surface area contributed by atoms with Crippen LogP contribution in [0.2, 0.25) is 0 Å². The average Bonchev–Trinajstić information content (AvgIpc) is 2.69. The summed E-state index contributed by atoms with van der Waals surface area (Å²) in [5.41, 5.74) is 5.07. The first-order chi connectivity index (χ1) is 14.4. The monoisotopic (exact) mass is 411 g/mol. The molecule has 3 aliphatic carbocycles. The third kappa shape index (κ3) is 4.48. The first-order valence-corrected chi connectivity index (χ1v) is 12.1. The first-order valence-electron chi connectivity index (χ1n) is 12.1. The third-order valence-corrected chi connectivity index (χ3v) is 8.36. The lowest BCUT2D eigenvalue weighted by Crippen LogP contribution is -2.47. The Kier molecular flexibility index (Phi) is 6.60. The van der Waals surface area contributed by atoms with E-state index in [4.69, 9.17) is 4.74 Å². The molecule has 4 unspecified atom stereocenters. The van der Waals surface area contributed by atoms with E-state index in [0.29, 0.717) is 23.0 Å². The minimum absolute atomic E-state index is 0.429. The number of aromatic hydroxyl groups is 1. The molecule has 0 bridgehead atoms. The van der Waals surface area contributed by atoms with Crippen LogP contribution in [0.1, 0.15) is 69.4 Å². The molecule has 0 aliphatic heterocycles. The highest BCUT2D eigenvalue weighted by Crippen LogP contribution is 2.61. The van der Waals surface area contributed by atoms with Crippen LogP contribution in [0.15, 0.2) is 29.8 Å². The quantitative estimate of drug-likeness (QED) is 0.476. The van der Waals surface area contributed by atoms with Crippen molar-refractivity contribution in [2.24, 2.45) is 23.2 Å². The van der Waals surface area contributed by atoms with Gasteiger partial charge < -0.3 is 14.7 Å². The Morgan fingerprint density at radius 3 is 2.87 bits per heavy atom. The van der Waals surface area contributed by atoms with E-state index in [2.05, 4.69) is 45.0 Å². The summed E-state index contributed by atoms with van der Waals surface area (Å²) in [4.78, 5) is 2.17. The topological polar surface area (TPSA) is 32.7 Å². The molecule has 0 heterocycles. The van der Waals surface area contributed by atoms with Crippen LogP contribution < -0.4 is 0 Å². The number of allylic oxidation sites excluding steroid dienone is 1. The fourth-order valence-electron chi connectivity index (χ4n) is 6.96. The first kappa shape index (κ1) is 21.9. The van der Waals surface area contributed by atoms with E-state index < -0.39 is 0 Å². The lowest BCUT2D eigenvalue weighted by molar-refractivity contribution is -0.0110. The number of fused-ring (bicyclic) bond motifs is 5. The van der Waals surface area contributed by atoms with Crippen molar-refractivity contribution in [2.45, 2.75) is 64.7 Å². The number of nitrogens with zero attached hydrogens (tertiary/aromatic N) is 1. The van der Waals surface area contributed by atoms with E-state index in [9.17, 15) is 5.11 Å². The molecule has 2 fully saturated rings. The Labute approximate surface area is 183 Å². The van der Waals surface area contributed by atoms with Crippen molar-refractivity contribution in [3.63, 3.8) is 0 Å². The molecule has 1 aromatic carbocycles. The Hall–Kier alpha value is -1.32. The summed E-state index contributed by atoms with van der Waals surface area (Å²) in [6, 6.07) is 6.15. The maximum absolute atomic E-state index is 9.95. The van der Waals surface area contributed by atoms with Gasteiger partial charge in [-0.2, -0.15) is 0 Å². The fourth-order valence-corrected chi connectivity index (χ4v) is 6.96. The number of ether oxygens (including phenoxy) is 1. The Bertz CT molecular complexity index is 770. The van der Waals surface area contributed by atoms with E-state index in [0.717, 1.165) is 44.4 Å². The van der Waals surface area contributed by atoms with E-state index >= 15 is 0 Å². The molecule has 2 saturated carbocycles.